The van der Waals surface area contributed by atoms with E-state index in [0.29, 0.717) is 6.04 Å². The molecule has 0 saturated carbocycles. The molecule has 3 aromatic heterocycles. The van der Waals surface area contributed by atoms with Gasteiger partial charge in [0.05, 0.1) is 5.69 Å². The summed E-state index contributed by atoms with van der Waals surface area (Å²) in [6.45, 7) is 3.80. The van der Waals surface area contributed by atoms with Gasteiger partial charge in [0, 0.05) is 24.8 Å². The molecule has 0 N–H and O–H groups in total. The minimum atomic E-state index is -0.0000183. The molecule has 1 saturated heterocycles. The lowest BCUT2D eigenvalue weighted by atomic mass is 10.1. The second kappa shape index (κ2) is 5.91. The van der Waals surface area contributed by atoms with Crippen LogP contribution in [0.1, 0.15) is 35.7 Å². The number of nitrogens with zero attached hydrogens (tertiary/aromatic N) is 3. The molecule has 5 heteroatoms. The average molecular weight is 325 g/mol. The van der Waals surface area contributed by atoms with Crippen LogP contribution in [0.15, 0.2) is 46.0 Å². The van der Waals surface area contributed by atoms with E-state index in [4.69, 9.17) is 4.98 Å². The van der Waals surface area contributed by atoms with Crippen molar-refractivity contribution in [3.8, 4) is 0 Å². The molecule has 4 rings (SSSR count). The largest absolute Gasteiger partial charge is 0.290 e. The number of fused-ring (bicyclic) bond motifs is 1. The summed E-state index contributed by atoms with van der Waals surface area (Å²) >= 11 is 1.75. The van der Waals surface area contributed by atoms with Gasteiger partial charge in [-0.15, -0.1) is 0 Å². The average Bonchev–Trinajstić information content (AvgIpc) is 3.19. The van der Waals surface area contributed by atoms with Crippen LogP contribution in [-0.2, 0) is 6.54 Å². The lowest BCUT2D eigenvalue weighted by Gasteiger charge is -2.23. The van der Waals surface area contributed by atoms with E-state index in [-0.39, 0.29) is 5.56 Å². The number of hydrogen-bond acceptors (Lipinski definition) is 4. The summed E-state index contributed by atoms with van der Waals surface area (Å²) in [6, 6.07) is 8.22. The fourth-order valence-corrected chi connectivity index (χ4v) is 4.16. The van der Waals surface area contributed by atoms with Gasteiger partial charge in [-0.05, 0) is 60.3 Å². The normalized spacial score (nSPS) is 18.7. The molecule has 1 fully saturated rings. The van der Waals surface area contributed by atoms with Gasteiger partial charge in [0.15, 0.2) is 0 Å². The molecule has 0 bridgehead atoms. The first kappa shape index (κ1) is 14.6. The van der Waals surface area contributed by atoms with Gasteiger partial charge in [-0.3, -0.25) is 14.1 Å². The van der Waals surface area contributed by atoms with Gasteiger partial charge in [-0.25, -0.2) is 4.98 Å². The number of aromatic nitrogens is 2. The number of thiophene rings is 1. The molecule has 3 aromatic rings. The van der Waals surface area contributed by atoms with Crippen molar-refractivity contribution in [1.29, 1.82) is 0 Å². The molecule has 0 unspecified atom stereocenters. The maximum Gasteiger partial charge on any atom is 0.258 e. The first-order valence-corrected chi connectivity index (χ1v) is 8.91. The fourth-order valence-electron chi connectivity index (χ4n) is 3.46. The minimum Gasteiger partial charge on any atom is -0.290 e. The Hall–Kier alpha value is -1.98. The lowest BCUT2D eigenvalue weighted by Crippen LogP contribution is -2.25. The van der Waals surface area contributed by atoms with Crippen molar-refractivity contribution in [3.05, 3.63) is 68.4 Å². The van der Waals surface area contributed by atoms with Crippen LogP contribution in [0.4, 0.5) is 0 Å². The third kappa shape index (κ3) is 2.71. The molecule has 23 heavy (non-hydrogen) atoms. The monoisotopic (exact) mass is 325 g/mol. The maximum atomic E-state index is 12.3. The van der Waals surface area contributed by atoms with Crippen LogP contribution >= 0.6 is 11.3 Å². The molecule has 0 aromatic carbocycles. The van der Waals surface area contributed by atoms with Gasteiger partial charge in [0.2, 0.25) is 0 Å². The third-order valence-corrected chi connectivity index (χ3v) is 5.30. The molecule has 1 aliphatic rings. The number of hydrogen-bond donors (Lipinski definition) is 0. The van der Waals surface area contributed by atoms with Crippen LogP contribution in [-0.4, -0.2) is 20.8 Å². The SMILES string of the molecule is Cc1cccn2c(=O)cc(CN3CCC[C@H]3c3ccsc3)nc12. The molecular weight excluding hydrogens is 306 g/mol. The van der Waals surface area contributed by atoms with Crippen LogP contribution in [0.5, 0.6) is 0 Å². The van der Waals surface area contributed by atoms with E-state index in [1.807, 2.05) is 19.1 Å². The summed E-state index contributed by atoms with van der Waals surface area (Å²) in [7, 11) is 0. The smallest absolute Gasteiger partial charge is 0.258 e. The third-order valence-electron chi connectivity index (χ3n) is 4.60. The highest BCUT2D eigenvalue weighted by molar-refractivity contribution is 7.07. The molecular formula is C18H19N3OS. The second-order valence-electron chi connectivity index (χ2n) is 6.16. The van der Waals surface area contributed by atoms with E-state index in [0.717, 1.165) is 30.0 Å². The summed E-state index contributed by atoms with van der Waals surface area (Å²) in [6.07, 6.45) is 4.17. The van der Waals surface area contributed by atoms with Gasteiger partial charge in [0.1, 0.15) is 5.65 Å². The number of rotatable bonds is 3. The van der Waals surface area contributed by atoms with E-state index in [2.05, 4.69) is 21.7 Å². The Morgan fingerprint density at radius 1 is 1.39 bits per heavy atom. The molecule has 0 radical (unpaired) electrons. The Labute approximate surface area is 139 Å². The second-order valence-corrected chi connectivity index (χ2v) is 6.94. The highest BCUT2D eigenvalue weighted by atomic mass is 32.1. The molecule has 118 valence electrons. The van der Waals surface area contributed by atoms with Gasteiger partial charge in [-0.1, -0.05) is 6.07 Å². The molecule has 4 nitrogen and oxygen atoms in total. The summed E-state index contributed by atoms with van der Waals surface area (Å²) in [4.78, 5) is 19.5. The van der Waals surface area contributed by atoms with Gasteiger partial charge >= 0.3 is 0 Å². The summed E-state index contributed by atoms with van der Waals surface area (Å²) < 4.78 is 1.62. The predicted octanol–water partition coefficient (Wildman–Crippen LogP) is 3.40. The van der Waals surface area contributed by atoms with Crippen LogP contribution in [0.2, 0.25) is 0 Å². The van der Waals surface area contributed by atoms with Crippen LogP contribution < -0.4 is 5.56 Å². The highest BCUT2D eigenvalue weighted by Gasteiger charge is 2.26. The summed E-state index contributed by atoms with van der Waals surface area (Å²) in [5.74, 6) is 0. The Morgan fingerprint density at radius 3 is 3.13 bits per heavy atom. The van der Waals surface area contributed by atoms with Crippen molar-refractivity contribution in [2.24, 2.45) is 0 Å². The number of likely N-dealkylation sites (tertiary alicyclic amines) is 1. The van der Waals surface area contributed by atoms with Crippen molar-refractivity contribution in [2.75, 3.05) is 6.54 Å². The first-order valence-electron chi connectivity index (χ1n) is 7.96. The van der Waals surface area contributed by atoms with E-state index >= 15 is 0 Å². The molecule has 0 amide bonds. The van der Waals surface area contributed by atoms with Crippen molar-refractivity contribution < 1.29 is 0 Å². The molecule has 0 aliphatic carbocycles. The van der Waals surface area contributed by atoms with Gasteiger partial charge in [0.25, 0.3) is 5.56 Å². The maximum absolute atomic E-state index is 12.3. The minimum absolute atomic E-state index is 0.0000183. The zero-order valence-corrected chi connectivity index (χ0v) is 13.9. The van der Waals surface area contributed by atoms with Crippen molar-refractivity contribution in [1.82, 2.24) is 14.3 Å². The molecule has 1 aliphatic heterocycles. The van der Waals surface area contributed by atoms with E-state index in [1.165, 1.54) is 18.4 Å². The quantitative estimate of drug-likeness (QED) is 0.741. The van der Waals surface area contributed by atoms with E-state index < -0.39 is 0 Å². The number of pyridine rings is 1. The Kier molecular flexibility index (Phi) is 3.75. The van der Waals surface area contributed by atoms with Gasteiger partial charge in [-0.2, -0.15) is 11.3 Å². The molecule has 4 heterocycles. The van der Waals surface area contributed by atoms with Crippen molar-refractivity contribution >= 4 is 17.0 Å². The highest BCUT2D eigenvalue weighted by Crippen LogP contribution is 2.33. The van der Waals surface area contributed by atoms with Gasteiger partial charge < -0.3 is 0 Å². The Morgan fingerprint density at radius 2 is 2.30 bits per heavy atom. The Balaban J connectivity index is 1.67. The zero-order chi connectivity index (χ0) is 15.8. The topological polar surface area (TPSA) is 37.6 Å². The van der Waals surface area contributed by atoms with E-state index in [9.17, 15) is 4.79 Å². The predicted molar refractivity (Wildman–Crippen MR) is 92.9 cm³/mol. The standard InChI is InChI=1S/C18H19N3OS/c1-13-4-2-8-21-17(22)10-15(19-18(13)21)11-20-7-3-5-16(20)14-6-9-23-12-14/h2,4,6,8-10,12,16H,3,5,7,11H2,1H3/t16-/m0/s1. The lowest BCUT2D eigenvalue weighted by molar-refractivity contribution is 0.246. The van der Waals surface area contributed by atoms with E-state index in [1.54, 1.807) is 28.0 Å². The van der Waals surface area contributed by atoms with Crippen LogP contribution in [0, 0.1) is 6.92 Å². The molecule has 1 atom stereocenters. The molecule has 0 spiro atoms. The first-order chi connectivity index (χ1) is 11.2. The van der Waals surface area contributed by atoms with Crippen molar-refractivity contribution in [3.63, 3.8) is 0 Å². The fraction of sp³-hybridized carbons (Fsp3) is 0.333. The summed E-state index contributed by atoms with van der Waals surface area (Å²) in [5.41, 5.74) is 4.05. The van der Waals surface area contributed by atoms with Crippen LogP contribution in [0.25, 0.3) is 5.65 Å². The van der Waals surface area contributed by atoms with Crippen molar-refractivity contribution in [2.45, 2.75) is 32.4 Å². The van der Waals surface area contributed by atoms with Crippen LogP contribution in [0.3, 0.4) is 0 Å². The zero-order valence-electron chi connectivity index (χ0n) is 13.1. The Bertz CT molecular complexity index is 885. The number of aryl methyl sites for hydroxylation is 1. The summed E-state index contributed by atoms with van der Waals surface area (Å²) in [5, 5.41) is 4.37.